The summed E-state index contributed by atoms with van der Waals surface area (Å²) in [5, 5.41) is 1.66. The molecule has 0 aromatic carbocycles. The molecule has 2 atom stereocenters. The van der Waals surface area contributed by atoms with Gasteiger partial charge < -0.3 is 11.1 Å². The van der Waals surface area contributed by atoms with E-state index in [9.17, 15) is 13.2 Å². The number of sulfonamides is 1. The molecule has 8 heteroatoms. The van der Waals surface area contributed by atoms with Crippen LogP contribution in [-0.2, 0) is 14.8 Å². The van der Waals surface area contributed by atoms with Gasteiger partial charge in [-0.15, -0.1) is 0 Å². The summed E-state index contributed by atoms with van der Waals surface area (Å²) in [6.45, 7) is 3.71. The number of carbonyl (C=O) groups excluding carboxylic acids is 1. The predicted octanol–water partition coefficient (Wildman–Crippen LogP) is -0.551. The van der Waals surface area contributed by atoms with Gasteiger partial charge in [-0.25, -0.2) is 12.7 Å². The summed E-state index contributed by atoms with van der Waals surface area (Å²) in [6.07, 6.45) is 0.496. The van der Waals surface area contributed by atoms with Crippen molar-refractivity contribution in [1.82, 2.24) is 9.62 Å². The fourth-order valence-electron chi connectivity index (χ4n) is 1.99. The van der Waals surface area contributed by atoms with E-state index in [0.717, 1.165) is 0 Å². The molecule has 6 nitrogen and oxygen atoms in total. The molecule has 1 fully saturated rings. The molecule has 0 radical (unpaired) electrons. The maximum absolute atomic E-state index is 12.2. The highest BCUT2D eigenvalue weighted by atomic mass is 32.2. The van der Waals surface area contributed by atoms with Crippen molar-refractivity contribution in [3.63, 3.8) is 0 Å². The highest BCUT2D eigenvalue weighted by Crippen LogP contribution is 2.32. The van der Waals surface area contributed by atoms with Crippen molar-refractivity contribution in [2.24, 2.45) is 11.1 Å². The number of amides is 1. The van der Waals surface area contributed by atoms with Gasteiger partial charge in [0.1, 0.15) is 5.25 Å². The molecule has 0 aromatic rings. The topological polar surface area (TPSA) is 92.5 Å². The first kappa shape index (κ1) is 15.3. The molecule has 1 aliphatic heterocycles. The Bertz CT molecular complexity index is 463. The van der Waals surface area contributed by atoms with Crippen LogP contribution in [0.1, 0.15) is 20.3 Å². The monoisotopic (exact) mass is 293 g/mol. The van der Waals surface area contributed by atoms with E-state index in [1.807, 2.05) is 0 Å². The van der Waals surface area contributed by atoms with Gasteiger partial charge in [0.15, 0.2) is 0 Å². The molecule has 0 aliphatic carbocycles. The number of rotatable bonds is 4. The first-order valence-electron chi connectivity index (χ1n) is 5.65. The number of nitrogens with one attached hydrogen (secondary N) is 1. The minimum atomic E-state index is -3.56. The van der Waals surface area contributed by atoms with Crippen molar-refractivity contribution in [3.05, 3.63) is 0 Å². The van der Waals surface area contributed by atoms with Crippen LogP contribution in [0.5, 0.6) is 0 Å². The second kappa shape index (κ2) is 5.10. The Morgan fingerprint density at radius 3 is 2.56 bits per heavy atom. The van der Waals surface area contributed by atoms with E-state index >= 15 is 0 Å². The van der Waals surface area contributed by atoms with Crippen molar-refractivity contribution in [1.29, 1.82) is 0 Å². The maximum atomic E-state index is 12.2. The molecule has 1 amide bonds. The molecule has 1 saturated heterocycles. The zero-order chi connectivity index (χ0) is 14.1. The molecule has 0 bridgehead atoms. The minimum absolute atomic E-state index is 0.0523. The van der Waals surface area contributed by atoms with Gasteiger partial charge in [-0.05, 0) is 20.3 Å². The standard InChI is InChI=1S/C10H19N3O3S2/c1-7(8(11)17)18(15,16)13-5-4-10(2,6-13)9(14)12-3/h7H,4-6H2,1-3H3,(H2,11,17)(H,12,14). The Morgan fingerprint density at radius 2 is 2.11 bits per heavy atom. The molecule has 2 unspecified atom stereocenters. The lowest BCUT2D eigenvalue weighted by atomic mass is 9.89. The van der Waals surface area contributed by atoms with Crippen molar-refractivity contribution in [2.75, 3.05) is 20.1 Å². The fourth-order valence-corrected chi connectivity index (χ4v) is 3.91. The molecule has 1 rings (SSSR count). The number of hydrogen-bond acceptors (Lipinski definition) is 4. The van der Waals surface area contributed by atoms with Crippen LogP contribution in [-0.4, -0.2) is 49.0 Å². The predicted molar refractivity (Wildman–Crippen MR) is 73.5 cm³/mol. The van der Waals surface area contributed by atoms with Crippen LogP contribution in [0.15, 0.2) is 0 Å². The van der Waals surface area contributed by atoms with Crippen LogP contribution in [0.2, 0.25) is 0 Å². The first-order valence-corrected chi connectivity index (χ1v) is 7.57. The summed E-state index contributed by atoms with van der Waals surface area (Å²) < 4.78 is 25.7. The summed E-state index contributed by atoms with van der Waals surface area (Å²) >= 11 is 4.73. The summed E-state index contributed by atoms with van der Waals surface area (Å²) in [5.74, 6) is -0.150. The Morgan fingerprint density at radius 1 is 1.56 bits per heavy atom. The van der Waals surface area contributed by atoms with E-state index < -0.39 is 20.7 Å². The van der Waals surface area contributed by atoms with Crippen LogP contribution >= 0.6 is 12.2 Å². The third kappa shape index (κ3) is 2.65. The van der Waals surface area contributed by atoms with Gasteiger partial charge in [-0.1, -0.05) is 12.2 Å². The van der Waals surface area contributed by atoms with Gasteiger partial charge in [0.25, 0.3) is 0 Å². The van der Waals surface area contributed by atoms with Crippen molar-refractivity contribution in [3.8, 4) is 0 Å². The number of thiocarbonyl (C=S) groups is 1. The summed E-state index contributed by atoms with van der Waals surface area (Å²) in [7, 11) is -2.02. The molecular weight excluding hydrogens is 274 g/mol. The third-order valence-electron chi connectivity index (χ3n) is 3.42. The zero-order valence-electron chi connectivity index (χ0n) is 10.8. The van der Waals surface area contributed by atoms with Gasteiger partial charge >= 0.3 is 0 Å². The average Bonchev–Trinajstić information content (AvgIpc) is 2.71. The number of nitrogens with two attached hydrogens (primary N) is 1. The largest absolute Gasteiger partial charge is 0.392 e. The van der Waals surface area contributed by atoms with E-state index in [0.29, 0.717) is 13.0 Å². The lowest BCUT2D eigenvalue weighted by molar-refractivity contribution is -0.128. The molecule has 104 valence electrons. The quantitative estimate of drug-likeness (QED) is 0.678. The molecule has 1 aliphatic rings. The number of carbonyl (C=O) groups is 1. The molecule has 18 heavy (non-hydrogen) atoms. The van der Waals surface area contributed by atoms with Crippen LogP contribution < -0.4 is 11.1 Å². The van der Waals surface area contributed by atoms with E-state index in [2.05, 4.69) is 5.32 Å². The lowest BCUT2D eigenvalue weighted by Gasteiger charge is -2.24. The molecule has 0 saturated carbocycles. The molecular formula is C10H19N3O3S2. The van der Waals surface area contributed by atoms with E-state index in [4.69, 9.17) is 18.0 Å². The van der Waals surface area contributed by atoms with E-state index in [1.54, 1.807) is 14.0 Å². The Kier molecular flexibility index (Phi) is 4.34. The Labute approximate surface area is 113 Å². The first-order chi connectivity index (χ1) is 8.15. The van der Waals surface area contributed by atoms with Crippen molar-refractivity contribution < 1.29 is 13.2 Å². The maximum Gasteiger partial charge on any atom is 0.227 e. The highest BCUT2D eigenvalue weighted by molar-refractivity contribution is 7.92. The molecule has 1 heterocycles. The average molecular weight is 293 g/mol. The fraction of sp³-hybridized carbons (Fsp3) is 0.800. The molecule has 0 aromatic heterocycles. The summed E-state index contributed by atoms with van der Waals surface area (Å²) in [4.78, 5) is 11.7. The summed E-state index contributed by atoms with van der Waals surface area (Å²) in [6, 6.07) is 0. The van der Waals surface area contributed by atoms with Crippen LogP contribution in [0.25, 0.3) is 0 Å². The molecule has 0 spiro atoms. The van der Waals surface area contributed by atoms with E-state index in [1.165, 1.54) is 11.2 Å². The normalized spacial score (nSPS) is 26.8. The minimum Gasteiger partial charge on any atom is -0.392 e. The van der Waals surface area contributed by atoms with Crippen LogP contribution in [0.4, 0.5) is 0 Å². The molecule has 3 N–H and O–H groups in total. The van der Waals surface area contributed by atoms with Crippen molar-refractivity contribution >= 4 is 33.1 Å². The second-order valence-corrected chi connectivity index (χ2v) is 7.54. The van der Waals surface area contributed by atoms with Gasteiger partial charge in [0.2, 0.25) is 15.9 Å². The van der Waals surface area contributed by atoms with Crippen LogP contribution in [0, 0.1) is 5.41 Å². The highest BCUT2D eigenvalue weighted by Gasteiger charge is 2.45. The number of hydrogen-bond donors (Lipinski definition) is 2. The zero-order valence-corrected chi connectivity index (χ0v) is 12.4. The van der Waals surface area contributed by atoms with Crippen molar-refractivity contribution in [2.45, 2.75) is 25.5 Å². The van der Waals surface area contributed by atoms with E-state index in [-0.39, 0.29) is 17.4 Å². The smallest absolute Gasteiger partial charge is 0.227 e. The van der Waals surface area contributed by atoms with Gasteiger partial charge in [-0.3, -0.25) is 4.79 Å². The Balaban J connectivity index is 2.91. The second-order valence-electron chi connectivity index (χ2n) is 4.81. The van der Waals surface area contributed by atoms with Gasteiger partial charge in [-0.2, -0.15) is 0 Å². The SMILES string of the molecule is CNC(=O)C1(C)CCN(S(=O)(=O)C(C)C(N)=S)C1. The Hall–Kier alpha value is -0.730. The van der Waals surface area contributed by atoms with Gasteiger partial charge in [0, 0.05) is 20.1 Å². The number of nitrogens with zero attached hydrogens (tertiary/aromatic N) is 1. The third-order valence-corrected chi connectivity index (χ3v) is 6.10. The van der Waals surface area contributed by atoms with Gasteiger partial charge in [0.05, 0.1) is 10.4 Å². The lowest BCUT2D eigenvalue weighted by Crippen LogP contribution is -2.44. The summed E-state index contributed by atoms with van der Waals surface area (Å²) in [5.41, 5.74) is 4.71. The van der Waals surface area contributed by atoms with Crippen LogP contribution in [0.3, 0.4) is 0 Å².